The second-order valence-electron chi connectivity index (χ2n) is 2.79. The van der Waals surface area contributed by atoms with Gasteiger partial charge in [-0.2, -0.15) is 0 Å². The van der Waals surface area contributed by atoms with Crippen molar-refractivity contribution in [2.24, 2.45) is 0 Å². The lowest BCUT2D eigenvalue weighted by Gasteiger charge is -2.06. The third-order valence-electron chi connectivity index (χ3n) is 1.85. The molecule has 0 aliphatic heterocycles. The fraction of sp³-hybridized carbons (Fsp3) is 0. The quantitative estimate of drug-likeness (QED) is 0.406. The second-order valence-corrected chi connectivity index (χ2v) is 2.79. The van der Waals surface area contributed by atoms with Gasteiger partial charge in [-0.15, -0.1) is 0 Å². The number of halogens is 4. The molecule has 2 aromatic rings. The third-order valence-corrected chi connectivity index (χ3v) is 1.85. The van der Waals surface area contributed by atoms with Gasteiger partial charge in [-0.1, -0.05) is 0 Å². The lowest BCUT2D eigenvalue weighted by Crippen LogP contribution is -2.04. The second kappa shape index (κ2) is 3.38. The van der Waals surface area contributed by atoms with Gasteiger partial charge in [0.2, 0.25) is 0 Å². The van der Waals surface area contributed by atoms with Crippen molar-refractivity contribution in [2.75, 3.05) is 0 Å². The molecule has 0 N–H and O–H groups in total. The summed E-state index contributed by atoms with van der Waals surface area (Å²) < 4.78 is 52.7. The summed E-state index contributed by atoms with van der Waals surface area (Å²) in [6.45, 7) is 0. The smallest absolute Gasteiger partial charge is 0.196 e. The van der Waals surface area contributed by atoms with Crippen LogP contribution in [0.3, 0.4) is 0 Å². The van der Waals surface area contributed by atoms with Crippen LogP contribution in [0.25, 0.3) is 5.69 Å². The van der Waals surface area contributed by atoms with Gasteiger partial charge >= 0.3 is 0 Å². The molecule has 0 saturated carbocycles. The summed E-state index contributed by atoms with van der Waals surface area (Å²) in [7, 11) is 0. The number of aromatic nitrogens is 2. The van der Waals surface area contributed by atoms with Gasteiger partial charge in [-0.3, -0.25) is 0 Å². The van der Waals surface area contributed by atoms with E-state index in [0.717, 1.165) is 10.9 Å². The van der Waals surface area contributed by atoms with Gasteiger partial charge in [0.25, 0.3) is 0 Å². The Kier molecular flexibility index (Phi) is 2.18. The number of imidazole rings is 1. The Balaban J connectivity index is 2.72. The van der Waals surface area contributed by atoms with Gasteiger partial charge < -0.3 is 4.57 Å². The van der Waals surface area contributed by atoms with Gasteiger partial charge in [0.1, 0.15) is 5.69 Å². The van der Waals surface area contributed by atoms with Crippen LogP contribution in [0.1, 0.15) is 0 Å². The zero-order valence-electron chi connectivity index (χ0n) is 7.22. The zero-order valence-corrected chi connectivity index (χ0v) is 7.22. The van der Waals surface area contributed by atoms with E-state index < -0.39 is 29.0 Å². The molecule has 0 spiro atoms. The van der Waals surface area contributed by atoms with E-state index in [-0.39, 0.29) is 6.07 Å². The molecule has 0 fully saturated rings. The van der Waals surface area contributed by atoms with Crippen LogP contribution < -0.4 is 0 Å². The highest BCUT2D eigenvalue weighted by Crippen LogP contribution is 2.22. The molecule has 1 aromatic heterocycles. The summed E-state index contributed by atoms with van der Waals surface area (Å²) in [4.78, 5) is 3.55. The van der Waals surface area contributed by atoms with Gasteiger partial charge in [-0.25, -0.2) is 22.5 Å². The molecule has 0 saturated heterocycles. The van der Waals surface area contributed by atoms with Crippen LogP contribution in [0.4, 0.5) is 17.6 Å². The van der Waals surface area contributed by atoms with Crippen molar-refractivity contribution >= 4 is 0 Å². The zero-order chi connectivity index (χ0) is 11.0. The van der Waals surface area contributed by atoms with E-state index in [1.54, 1.807) is 0 Å². The van der Waals surface area contributed by atoms with Crippen molar-refractivity contribution in [3.8, 4) is 5.69 Å². The van der Waals surface area contributed by atoms with Gasteiger partial charge in [0.15, 0.2) is 23.3 Å². The fourth-order valence-corrected chi connectivity index (χ4v) is 1.18. The molecule has 15 heavy (non-hydrogen) atoms. The number of nitrogens with zero attached hydrogens (tertiary/aromatic N) is 2. The number of hydrogen-bond acceptors (Lipinski definition) is 1. The molecule has 0 aliphatic rings. The molecular weight excluding hydrogens is 212 g/mol. The highest BCUT2D eigenvalue weighted by molar-refractivity contribution is 5.36. The molecular formula is C9H4F4N2. The van der Waals surface area contributed by atoms with E-state index in [0.29, 0.717) is 0 Å². The van der Waals surface area contributed by atoms with Crippen molar-refractivity contribution in [3.05, 3.63) is 48.1 Å². The van der Waals surface area contributed by atoms with Crippen LogP contribution in [0, 0.1) is 23.3 Å². The Hall–Kier alpha value is -1.85. The molecule has 0 atom stereocenters. The fourth-order valence-electron chi connectivity index (χ4n) is 1.18. The van der Waals surface area contributed by atoms with Crippen molar-refractivity contribution < 1.29 is 17.6 Å². The van der Waals surface area contributed by atoms with E-state index in [9.17, 15) is 17.6 Å². The predicted molar refractivity (Wildman–Crippen MR) is 43.4 cm³/mol. The van der Waals surface area contributed by atoms with Crippen LogP contribution >= 0.6 is 0 Å². The summed E-state index contributed by atoms with van der Waals surface area (Å²) in [6, 6.07) is 0.285. The van der Waals surface area contributed by atoms with Crippen LogP contribution in [-0.2, 0) is 0 Å². The van der Waals surface area contributed by atoms with Crippen molar-refractivity contribution in [3.63, 3.8) is 0 Å². The largest absolute Gasteiger partial charge is 0.301 e. The monoisotopic (exact) mass is 216 g/mol. The first-order valence-corrected chi connectivity index (χ1v) is 3.92. The van der Waals surface area contributed by atoms with Crippen LogP contribution in [0.2, 0.25) is 0 Å². The first-order chi connectivity index (χ1) is 7.11. The Labute approximate surface area is 81.8 Å². The Morgan fingerprint density at radius 1 is 1.00 bits per heavy atom. The predicted octanol–water partition coefficient (Wildman–Crippen LogP) is 2.43. The molecule has 1 aromatic carbocycles. The third kappa shape index (κ3) is 1.47. The molecule has 0 aliphatic carbocycles. The first-order valence-electron chi connectivity index (χ1n) is 3.92. The molecule has 0 unspecified atom stereocenters. The molecule has 6 heteroatoms. The molecule has 0 amide bonds. The Morgan fingerprint density at radius 3 is 2.33 bits per heavy atom. The molecule has 78 valence electrons. The maximum Gasteiger partial charge on any atom is 0.196 e. The lowest BCUT2D eigenvalue weighted by atomic mass is 10.2. The minimum Gasteiger partial charge on any atom is -0.301 e. The molecule has 0 radical (unpaired) electrons. The minimum atomic E-state index is -1.71. The van der Waals surface area contributed by atoms with Crippen molar-refractivity contribution in [1.29, 1.82) is 0 Å². The normalized spacial score (nSPS) is 10.7. The number of benzene rings is 1. The number of rotatable bonds is 1. The van der Waals surface area contributed by atoms with Crippen molar-refractivity contribution in [2.45, 2.75) is 0 Å². The SMILES string of the molecule is Fc1cc(F)c(-n2ccnc2)c(F)c1F. The summed E-state index contributed by atoms with van der Waals surface area (Å²) >= 11 is 0. The standard InChI is InChI=1S/C9H4F4N2/c10-5-3-6(11)9(8(13)7(5)12)15-2-1-14-4-15/h1-4H. The Morgan fingerprint density at radius 2 is 1.73 bits per heavy atom. The number of hydrogen-bond donors (Lipinski definition) is 0. The van der Waals surface area contributed by atoms with E-state index >= 15 is 0 Å². The Bertz CT molecular complexity index is 493. The van der Waals surface area contributed by atoms with Crippen LogP contribution in [-0.4, -0.2) is 9.55 Å². The van der Waals surface area contributed by atoms with E-state index in [2.05, 4.69) is 4.98 Å². The van der Waals surface area contributed by atoms with Gasteiger partial charge in [0.05, 0.1) is 6.33 Å². The highest BCUT2D eigenvalue weighted by atomic mass is 19.2. The topological polar surface area (TPSA) is 17.8 Å². The maximum absolute atomic E-state index is 13.2. The van der Waals surface area contributed by atoms with E-state index in [1.807, 2.05) is 0 Å². The minimum absolute atomic E-state index is 0.285. The van der Waals surface area contributed by atoms with E-state index in [1.165, 1.54) is 12.4 Å². The van der Waals surface area contributed by atoms with E-state index in [4.69, 9.17) is 0 Å². The average molecular weight is 216 g/mol. The molecule has 1 heterocycles. The lowest BCUT2D eigenvalue weighted by molar-refractivity contribution is 0.430. The average Bonchev–Trinajstić information content (AvgIpc) is 2.68. The van der Waals surface area contributed by atoms with Crippen molar-refractivity contribution in [1.82, 2.24) is 9.55 Å². The van der Waals surface area contributed by atoms with Crippen LogP contribution in [0.15, 0.2) is 24.8 Å². The first kappa shape index (κ1) is 9.70. The summed E-state index contributed by atoms with van der Waals surface area (Å²) in [5.41, 5.74) is -0.689. The summed E-state index contributed by atoms with van der Waals surface area (Å²) in [5.74, 6) is -6.04. The molecule has 2 nitrogen and oxygen atoms in total. The van der Waals surface area contributed by atoms with Crippen LogP contribution in [0.5, 0.6) is 0 Å². The summed E-state index contributed by atoms with van der Waals surface area (Å²) in [5, 5.41) is 0. The molecule has 2 rings (SSSR count). The molecule has 0 bridgehead atoms. The highest BCUT2D eigenvalue weighted by Gasteiger charge is 2.19. The maximum atomic E-state index is 13.2. The van der Waals surface area contributed by atoms with Gasteiger partial charge in [-0.05, 0) is 0 Å². The summed E-state index contributed by atoms with van der Waals surface area (Å²) in [6.07, 6.45) is 3.57. The van der Waals surface area contributed by atoms with Gasteiger partial charge in [0, 0.05) is 18.5 Å².